The van der Waals surface area contributed by atoms with Gasteiger partial charge in [0.1, 0.15) is 0 Å². The van der Waals surface area contributed by atoms with Gasteiger partial charge in [-0.1, -0.05) is 36.3 Å². The molecule has 1 aromatic rings. The summed E-state index contributed by atoms with van der Waals surface area (Å²) in [5.74, 6) is 2.36. The van der Waals surface area contributed by atoms with E-state index in [9.17, 15) is 4.79 Å². The average molecular weight is 217 g/mol. The molecular weight excluding hydrogens is 202 g/mol. The van der Waals surface area contributed by atoms with E-state index in [-0.39, 0.29) is 12.6 Å². The van der Waals surface area contributed by atoms with Gasteiger partial charge in [0.25, 0.3) is 0 Å². The van der Waals surface area contributed by atoms with Crippen molar-refractivity contribution in [3.63, 3.8) is 0 Å². The van der Waals surface area contributed by atoms with Crippen LogP contribution in [-0.2, 0) is 6.42 Å². The minimum absolute atomic E-state index is 0.115. The zero-order chi connectivity index (χ0) is 12.0. The molecule has 0 aliphatic carbocycles. The van der Waals surface area contributed by atoms with Crippen molar-refractivity contribution in [3.05, 3.63) is 35.9 Å². The Morgan fingerprint density at radius 2 is 2.12 bits per heavy atom. The molecule has 1 unspecified atom stereocenters. The molecule has 3 nitrogen and oxygen atoms in total. The number of rotatable bonds is 4. The van der Waals surface area contributed by atoms with Crippen molar-refractivity contribution in [1.29, 1.82) is 0 Å². The van der Waals surface area contributed by atoms with E-state index in [2.05, 4.69) is 5.92 Å². The highest BCUT2D eigenvalue weighted by Crippen LogP contribution is 2.08. The number of nitrogens with zero attached hydrogens (tertiary/aromatic N) is 1. The van der Waals surface area contributed by atoms with E-state index in [1.807, 2.05) is 37.3 Å². The highest BCUT2D eigenvalue weighted by molar-refractivity contribution is 5.65. The molecule has 1 amide bonds. The van der Waals surface area contributed by atoms with Crippen LogP contribution in [0.25, 0.3) is 0 Å². The molecule has 0 aliphatic rings. The topological polar surface area (TPSA) is 40.5 Å². The molecular formula is C13H15NO2. The molecule has 84 valence electrons. The van der Waals surface area contributed by atoms with Gasteiger partial charge < -0.3 is 5.11 Å². The summed E-state index contributed by atoms with van der Waals surface area (Å²) in [5.41, 5.74) is 1.11. The molecule has 0 saturated carbocycles. The van der Waals surface area contributed by atoms with Crippen LogP contribution in [0.4, 0.5) is 4.79 Å². The average Bonchev–Trinajstić information content (AvgIpc) is 2.26. The first-order valence-corrected chi connectivity index (χ1v) is 5.12. The first kappa shape index (κ1) is 12.1. The van der Waals surface area contributed by atoms with Gasteiger partial charge in [-0.05, 0) is 18.9 Å². The van der Waals surface area contributed by atoms with Gasteiger partial charge in [-0.3, -0.25) is 4.90 Å². The Bertz CT molecular complexity index is 381. The maximum absolute atomic E-state index is 11.0. The number of carbonyl (C=O) groups is 1. The molecule has 0 fully saturated rings. The molecule has 3 heteroatoms. The maximum atomic E-state index is 11.0. The lowest BCUT2D eigenvalue weighted by Gasteiger charge is -2.24. The Hall–Kier alpha value is -1.95. The number of carboxylic acid groups (broad SMARTS) is 1. The van der Waals surface area contributed by atoms with Crippen LogP contribution in [0.5, 0.6) is 0 Å². The number of terminal acetylenes is 1. The zero-order valence-electron chi connectivity index (χ0n) is 9.26. The second kappa shape index (κ2) is 5.82. The van der Waals surface area contributed by atoms with Gasteiger partial charge in [-0.2, -0.15) is 0 Å². The third kappa shape index (κ3) is 3.32. The van der Waals surface area contributed by atoms with Crippen molar-refractivity contribution < 1.29 is 9.90 Å². The Morgan fingerprint density at radius 3 is 2.62 bits per heavy atom. The van der Waals surface area contributed by atoms with Gasteiger partial charge in [-0.15, -0.1) is 6.42 Å². The molecule has 0 saturated heterocycles. The van der Waals surface area contributed by atoms with Gasteiger partial charge >= 0.3 is 6.09 Å². The van der Waals surface area contributed by atoms with Crippen LogP contribution >= 0.6 is 0 Å². The van der Waals surface area contributed by atoms with Gasteiger partial charge in [0.15, 0.2) is 0 Å². The number of benzene rings is 1. The fourth-order valence-electron chi connectivity index (χ4n) is 1.58. The molecule has 1 aromatic carbocycles. The number of hydrogen-bond acceptors (Lipinski definition) is 1. The Labute approximate surface area is 95.7 Å². The summed E-state index contributed by atoms with van der Waals surface area (Å²) >= 11 is 0. The van der Waals surface area contributed by atoms with E-state index in [4.69, 9.17) is 11.5 Å². The van der Waals surface area contributed by atoms with E-state index >= 15 is 0 Å². The zero-order valence-corrected chi connectivity index (χ0v) is 9.26. The molecule has 0 spiro atoms. The van der Waals surface area contributed by atoms with E-state index in [1.54, 1.807) is 0 Å². The summed E-state index contributed by atoms with van der Waals surface area (Å²) in [7, 11) is 0. The molecule has 16 heavy (non-hydrogen) atoms. The van der Waals surface area contributed by atoms with Crippen LogP contribution in [0.1, 0.15) is 12.5 Å². The second-order valence-corrected chi connectivity index (χ2v) is 3.65. The first-order valence-electron chi connectivity index (χ1n) is 5.12. The molecule has 0 radical (unpaired) electrons. The summed E-state index contributed by atoms with van der Waals surface area (Å²) in [6.07, 6.45) is 4.85. The Kier molecular flexibility index (Phi) is 4.41. The summed E-state index contributed by atoms with van der Waals surface area (Å²) in [6, 6.07) is 9.66. The molecule has 0 aromatic heterocycles. The fourth-order valence-corrected chi connectivity index (χ4v) is 1.58. The summed E-state index contributed by atoms with van der Waals surface area (Å²) in [6.45, 7) is 1.99. The first-order chi connectivity index (χ1) is 7.65. The van der Waals surface area contributed by atoms with E-state index < -0.39 is 6.09 Å². The number of amides is 1. The van der Waals surface area contributed by atoms with Gasteiger partial charge in [0, 0.05) is 6.04 Å². The quantitative estimate of drug-likeness (QED) is 0.786. The lowest BCUT2D eigenvalue weighted by molar-refractivity contribution is 0.135. The molecule has 0 aliphatic heterocycles. The van der Waals surface area contributed by atoms with Crippen molar-refractivity contribution in [1.82, 2.24) is 4.90 Å². The summed E-state index contributed by atoms with van der Waals surface area (Å²) in [5, 5.41) is 8.98. The van der Waals surface area contributed by atoms with Crippen LogP contribution in [0, 0.1) is 12.3 Å². The minimum Gasteiger partial charge on any atom is -0.465 e. The molecule has 1 N–H and O–H groups in total. The van der Waals surface area contributed by atoms with Crippen LogP contribution in [0.15, 0.2) is 30.3 Å². The van der Waals surface area contributed by atoms with Gasteiger partial charge in [-0.25, -0.2) is 4.79 Å². The van der Waals surface area contributed by atoms with Gasteiger partial charge in [0.05, 0.1) is 6.54 Å². The lowest BCUT2D eigenvalue weighted by Crippen LogP contribution is -2.39. The van der Waals surface area contributed by atoms with Crippen LogP contribution in [-0.4, -0.2) is 28.7 Å². The number of hydrogen-bond donors (Lipinski definition) is 1. The predicted octanol–water partition coefficient (Wildman–Crippen LogP) is 2.23. The van der Waals surface area contributed by atoms with Crippen LogP contribution < -0.4 is 0 Å². The summed E-state index contributed by atoms with van der Waals surface area (Å²) in [4.78, 5) is 12.2. The van der Waals surface area contributed by atoms with Crippen molar-refractivity contribution in [2.75, 3.05) is 6.54 Å². The highest BCUT2D eigenvalue weighted by atomic mass is 16.4. The van der Waals surface area contributed by atoms with E-state index in [1.165, 1.54) is 4.90 Å². The lowest BCUT2D eigenvalue weighted by atomic mass is 10.1. The third-order valence-corrected chi connectivity index (χ3v) is 2.41. The second-order valence-electron chi connectivity index (χ2n) is 3.65. The normalized spacial score (nSPS) is 11.5. The smallest absolute Gasteiger partial charge is 0.408 e. The molecule has 0 heterocycles. The monoisotopic (exact) mass is 217 g/mol. The third-order valence-electron chi connectivity index (χ3n) is 2.41. The van der Waals surface area contributed by atoms with Crippen molar-refractivity contribution in [2.45, 2.75) is 19.4 Å². The highest BCUT2D eigenvalue weighted by Gasteiger charge is 2.18. The maximum Gasteiger partial charge on any atom is 0.408 e. The Morgan fingerprint density at radius 1 is 1.50 bits per heavy atom. The van der Waals surface area contributed by atoms with Crippen molar-refractivity contribution in [3.8, 4) is 12.3 Å². The Balaban J connectivity index is 2.66. The van der Waals surface area contributed by atoms with Crippen LogP contribution in [0.3, 0.4) is 0 Å². The van der Waals surface area contributed by atoms with Crippen molar-refractivity contribution >= 4 is 6.09 Å². The van der Waals surface area contributed by atoms with E-state index in [0.29, 0.717) is 6.42 Å². The SMILES string of the molecule is C#CCN(C(=O)O)C(C)Cc1ccccc1. The largest absolute Gasteiger partial charge is 0.465 e. The molecule has 0 bridgehead atoms. The molecule has 1 atom stereocenters. The molecule has 1 rings (SSSR count). The standard InChI is InChI=1S/C13H15NO2/c1-3-9-14(13(15)16)11(2)10-12-7-5-4-6-8-12/h1,4-8,11H,9-10H2,2H3,(H,15,16). The van der Waals surface area contributed by atoms with E-state index in [0.717, 1.165) is 5.56 Å². The minimum atomic E-state index is -0.971. The van der Waals surface area contributed by atoms with Crippen molar-refractivity contribution in [2.24, 2.45) is 0 Å². The predicted molar refractivity (Wildman–Crippen MR) is 63.2 cm³/mol. The summed E-state index contributed by atoms with van der Waals surface area (Å²) < 4.78 is 0. The fraction of sp³-hybridized carbons (Fsp3) is 0.308. The van der Waals surface area contributed by atoms with Gasteiger partial charge in [0.2, 0.25) is 0 Å². The van der Waals surface area contributed by atoms with Crippen LogP contribution in [0.2, 0.25) is 0 Å².